The molecular weight excluding hydrogens is 350 g/mol. The predicted octanol–water partition coefficient (Wildman–Crippen LogP) is 3.60. The molecule has 2 saturated heterocycles. The third-order valence-corrected chi connectivity index (χ3v) is 5.52. The van der Waals surface area contributed by atoms with E-state index in [2.05, 4.69) is 37.4 Å². The summed E-state index contributed by atoms with van der Waals surface area (Å²) in [4.78, 5) is 17.4. The van der Waals surface area contributed by atoms with E-state index in [1.807, 2.05) is 30.6 Å². The van der Waals surface area contributed by atoms with Gasteiger partial charge in [-0.05, 0) is 31.7 Å². The quantitative estimate of drug-likeness (QED) is 0.527. The van der Waals surface area contributed by atoms with Gasteiger partial charge in [0.15, 0.2) is 5.82 Å². The first-order chi connectivity index (χ1) is 13.9. The highest BCUT2D eigenvalue weighted by Crippen LogP contribution is 2.25. The van der Waals surface area contributed by atoms with Gasteiger partial charge in [0.1, 0.15) is 5.82 Å². The number of para-hydroxylation sites is 1. The molecule has 28 heavy (non-hydrogen) atoms. The minimum absolute atomic E-state index is 0.745. The Morgan fingerprint density at radius 1 is 0.964 bits per heavy atom. The van der Waals surface area contributed by atoms with Crippen LogP contribution in [0.15, 0.2) is 41.6 Å². The maximum Gasteiger partial charge on any atom is 0.229 e. The van der Waals surface area contributed by atoms with Crippen molar-refractivity contribution >= 4 is 34.7 Å². The molecule has 3 aromatic rings. The summed E-state index contributed by atoms with van der Waals surface area (Å²) in [5.41, 5.74) is 5.29. The molecule has 144 valence electrons. The van der Waals surface area contributed by atoms with Gasteiger partial charge in [-0.1, -0.05) is 18.2 Å². The predicted molar refractivity (Wildman–Crippen MR) is 114 cm³/mol. The van der Waals surface area contributed by atoms with E-state index in [4.69, 9.17) is 9.97 Å². The van der Waals surface area contributed by atoms with Crippen LogP contribution in [0.5, 0.6) is 0 Å². The Labute approximate surface area is 164 Å². The molecule has 0 bridgehead atoms. The molecule has 2 N–H and O–H groups in total. The topological polar surface area (TPSA) is 72.4 Å². The van der Waals surface area contributed by atoms with E-state index >= 15 is 0 Å². The number of benzene rings is 1. The van der Waals surface area contributed by atoms with Gasteiger partial charge in [-0.15, -0.1) is 0 Å². The van der Waals surface area contributed by atoms with Gasteiger partial charge < -0.3 is 14.8 Å². The first kappa shape index (κ1) is 17.0. The number of nitrogens with zero attached hydrogens (tertiary/aromatic N) is 5. The van der Waals surface area contributed by atoms with Crippen LogP contribution in [0.4, 0.5) is 17.6 Å². The molecule has 2 fully saturated rings. The number of hydrogen-bond donors (Lipinski definition) is 2. The van der Waals surface area contributed by atoms with Crippen LogP contribution in [-0.4, -0.2) is 47.3 Å². The van der Waals surface area contributed by atoms with Crippen LogP contribution in [0, 0.1) is 0 Å². The van der Waals surface area contributed by atoms with Crippen molar-refractivity contribution in [3.05, 3.63) is 42.1 Å². The number of anilines is 3. The Hall–Kier alpha value is -3.09. The van der Waals surface area contributed by atoms with Crippen LogP contribution in [0.2, 0.25) is 0 Å². The smallest absolute Gasteiger partial charge is 0.229 e. The van der Waals surface area contributed by atoms with Crippen LogP contribution in [0.3, 0.4) is 0 Å². The van der Waals surface area contributed by atoms with Crippen molar-refractivity contribution < 1.29 is 0 Å². The highest BCUT2D eigenvalue weighted by Gasteiger charge is 2.20. The van der Waals surface area contributed by atoms with Gasteiger partial charge in [-0.2, -0.15) is 15.1 Å². The zero-order valence-corrected chi connectivity index (χ0v) is 15.9. The number of hydrazone groups is 1. The summed E-state index contributed by atoms with van der Waals surface area (Å²) in [7, 11) is 0. The second-order valence-corrected chi connectivity index (χ2v) is 7.46. The van der Waals surface area contributed by atoms with Gasteiger partial charge in [0.05, 0.1) is 6.21 Å². The van der Waals surface area contributed by atoms with Crippen molar-refractivity contribution in [1.29, 1.82) is 0 Å². The monoisotopic (exact) mass is 375 g/mol. The van der Waals surface area contributed by atoms with E-state index in [0.717, 1.165) is 60.2 Å². The molecule has 0 saturated carbocycles. The number of fused-ring (bicyclic) bond motifs is 1. The van der Waals surface area contributed by atoms with Crippen LogP contribution >= 0.6 is 0 Å². The number of hydrogen-bond acceptors (Lipinski definition) is 6. The van der Waals surface area contributed by atoms with Gasteiger partial charge in [-0.25, -0.2) is 0 Å². The SMILES string of the molecule is C(=N/Nc1cc(N2CCCC2)nc(N2CCCC2)n1)/c1c[nH]c2ccccc12. The molecule has 0 aliphatic carbocycles. The number of rotatable bonds is 5. The van der Waals surface area contributed by atoms with Crippen LogP contribution < -0.4 is 15.2 Å². The Bertz CT molecular complexity index is 947. The molecule has 0 spiro atoms. The van der Waals surface area contributed by atoms with Crippen molar-refractivity contribution in [2.75, 3.05) is 41.4 Å². The second-order valence-electron chi connectivity index (χ2n) is 7.46. The number of aromatic nitrogens is 3. The first-order valence-corrected chi connectivity index (χ1v) is 10.1. The summed E-state index contributed by atoms with van der Waals surface area (Å²) in [6.45, 7) is 4.19. The lowest BCUT2D eigenvalue weighted by molar-refractivity contribution is 0.871. The molecule has 0 unspecified atom stereocenters. The summed E-state index contributed by atoms with van der Waals surface area (Å²) >= 11 is 0. The van der Waals surface area contributed by atoms with Gasteiger partial charge in [-0.3, -0.25) is 5.43 Å². The van der Waals surface area contributed by atoms with Crippen LogP contribution in [-0.2, 0) is 0 Å². The van der Waals surface area contributed by atoms with Crippen molar-refractivity contribution in [3.8, 4) is 0 Å². The summed E-state index contributed by atoms with van der Waals surface area (Å²) in [5.74, 6) is 2.56. The summed E-state index contributed by atoms with van der Waals surface area (Å²) in [6.07, 6.45) is 8.68. The molecule has 0 atom stereocenters. The fraction of sp³-hybridized carbons (Fsp3) is 0.381. The van der Waals surface area contributed by atoms with Gasteiger partial charge >= 0.3 is 0 Å². The largest absolute Gasteiger partial charge is 0.361 e. The van der Waals surface area contributed by atoms with E-state index in [1.165, 1.54) is 25.7 Å². The van der Waals surface area contributed by atoms with Gasteiger partial charge in [0.25, 0.3) is 0 Å². The minimum atomic E-state index is 0.745. The Balaban J connectivity index is 1.40. The fourth-order valence-electron chi connectivity index (χ4n) is 4.01. The molecule has 0 radical (unpaired) electrons. The van der Waals surface area contributed by atoms with Crippen molar-refractivity contribution in [3.63, 3.8) is 0 Å². The van der Waals surface area contributed by atoms with Crippen LogP contribution in [0.1, 0.15) is 31.2 Å². The third-order valence-electron chi connectivity index (χ3n) is 5.52. The Morgan fingerprint density at radius 3 is 2.54 bits per heavy atom. The molecule has 4 heterocycles. The third kappa shape index (κ3) is 3.40. The van der Waals surface area contributed by atoms with E-state index in [-0.39, 0.29) is 0 Å². The van der Waals surface area contributed by atoms with Crippen molar-refractivity contribution in [1.82, 2.24) is 15.0 Å². The molecule has 0 amide bonds. The first-order valence-electron chi connectivity index (χ1n) is 10.1. The number of nitrogens with one attached hydrogen (secondary N) is 2. The zero-order chi connectivity index (χ0) is 18.8. The maximum atomic E-state index is 4.84. The summed E-state index contributed by atoms with van der Waals surface area (Å²) < 4.78 is 0. The highest BCUT2D eigenvalue weighted by atomic mass is 15.4. The molecular formula is C21H25N7. The summed E-state index contributed by atoms with van der Waals surface area (Å²) in [6, 6.07) is 10.2. The van der Waals surface area contributed by atoms with Crippen LogP contribution in [0.25, 0.3) is 10.9 Å². The van der Waals surface area contributed by atoms with Crippen molar-refractivity contribution in [2.24, 2.45) is 5.10 Å². The Kier molecular flexibility index (Phi) is 4.56. The summed E-state index contributed by atoms with van der Waals surface area (Å²) in [5, 5.41) is 5.61. The molecule has 5 rings (SSSR count). The van der Waals surface area contributed by atoms with E-state index in [1.54, 1.807) is 0 Å². The standard InChI is InChI=1S/C21H25N7/c1-2-8-18-17(7-1)16(14-22-18)15-23-26-19-13-20(27-9-3-4-10-27)25-21(24-19)28-11-5-6-12-28/h1-2,7-8,13-15,22H,3-6,9-12H2,(H,24,25,26)/b23-15-. The molecule has 7 nitrogen and oxygen atoms in total. The van der Waals surface area contributed by atoms with Crippen molar-refractivity contribution in [2.45, 2.75) is 25.7 Å². The lowest BCUT2D eigenvalue weighted by atomic mass is 10.2. The lowest BCUT2D eigenvalue weighted by Gasteiger charge is -2.21. The van der Waals surface area contributed by atoms with E-state index < -0.39 is 0 Å². The number of aromatic amines is 1. The van der Waals surface area contributed by atoms with E-state index in [0.29, 0.717) is 0 Å². The van der Waals surface area contributed by atoms with Gasteiger partial charge in [0.2, 0.25) is 5.95 Å². The molecule has 7 heteroatoms. The minimum Gasteiger partial charge on any atom is -0.361 e. The fourth-order valence-corrected chi connectivity index (χ4v) is 4.01. The lowest BCUT2D eigenvalue weighted by Crippen LogP contribution is -2.24. The van der Waals surface area contributed by atoms with Gasteiger partial charge in [0, 0.05) is 54.9 Å². The Morgan fingerprint density at radius 2 is 1.71 bits per heavy atom. The normalized spacial score (nSPS) is 17.3. The molecule has 2 aromatic heterocycles. The average Bonchev–Trinajstić information content (AvgIpc) is 3.49. The second kappa shape index (κ2) is 7.50. The molecule has 2 aliphatic heterocycles. The number of H-pyrrole nitrogens is 1. The maximum absolute atomic E-state index is 4.84. The highest BCUT2D eigenvalue weighted by molar-refractivity contribution is 5.99. The molecule has 2 aliphatic rings. The van der Waals surface area contributed by atoms with E-state index in [9.17, 15) is 0 Å². The zero-order valence-electron chi connectivity index (χ0n) is 15.9. The molecule has 1 aromatic carbocycles. The average molecular weight is 375 g/mol.